The van der Waals surface area contributed by atoms with Crippen LogP contribution in [0.2, 0.25) is 0 Å². The second-order valence-corrected chi connectivity index (χ2v) is 7.99. The van der Waals surface area contributed by atoms with Gasteiger partial charge in [-0.05, 0) is 61.1 Å². The van der Waals surface area contributed by atoms with Crippen molar-refractivity contribution in [3.05, 3.63) is 59.4 Å². The highest BCUT2D eigenvalue weighted by Crippen LogP contribution is 2.46. The maximum atomic E-state index is 13.7. The number of rotatable bonds is 6. The molecule has 0 unspecified atom stereocenters. The molecule has 2 aromatic carbocycles. The molecule has 0 saturated carbocycles. The molecule has 2 aromatic rings. The molecule has 1 N–H and O–H groups in total. The minimum atomic E-state index is -0.963. The van der Waals surface area contributed by atoms with Gasteiger partial charge in [0, 0.05) is 18.6 Å². The molecule has 2 bridgehead atoms. The number of piperidine rings is 1. The van der Waals surface area contributed by atoms with Crippen LogP contribution >= 0.6 is 0 Å². The normalized spacial score (nSPS) is 26.1. The molecule has 0 radical (unpaired) electrons. The van der Waals surface area contributed by atoms with Gasteiger partial charge in [-0.2, -0.15) is 0 Å². The first-order valence-corrected chi connectivity index (χ1v) is 10.00. The summed E-state index contributed by atoms with van der Waals surface area (Å²) in [5.41, 5.74) is 0.850. The number of hydrogen-bond donors (Lipinski definition) is 1. The molecule has 2 atom stereocenters. The van der Waals surface area contributed by atoms with Gasteiger partial charge in [0.2, 0.25) is 0 Å². The fourth-order valence-corrected chi connectivity index (χ4v) is 4.85. The zero-order valence-corrected chi connectivity index (χ0v) is 16.6. The summed E-state index contributed by atoms with van der Waals surface area (Å²) in [6.07, 6.45) is 8.59. The first kappa shape index (κ1) is 19.8. The smallest absolute Gasteiger partial charge is 0.162 e. The molecule has 2 aliphatic heterocycles. The highest BCUT2D eigenvalue weighted by atomic mass is 19.1. The van der Waals surface area contributed by atoms with Crippen LogP contribution in [0.4, 0.5) is 4.39 Å². The maximum absolute atomic E-state index is 13.7. The SMILES string of the molecule is C#CCOc1ccc(CN2[C@@H]3CC[C@@H]2CC(O)(c2cccc(F)c2)C3)cc1OC. The van der Waals surface area contributed by atoms with Gasteiger partial charge < -0.3 is 14.6 Å². The van der Waals surface area contributed by atoms with Crippen molar-refractivity contribution in [2.45, 2.75) is 49.9 Å². The van der Waals surface area contributed by atoms with Crippen molar-refractivity contribution in [1.82, 2.24) is 4.90 Å². The third kappa shape index (κ3) is 3.96. The fourth-order valence-electron chi connectivity index (χ4n) is 4.85. The Balaban J connectivity index is 1.50. The van der Waals surface area contributed by atoms with Gasteiger partial charge in [-0.15, -0.1) is 6.42 Å². The molecule has 29 heavy (non-hydrogen) atoms. The molecule has 2 saturated heterocycles. The Morgan fingerprint density at radius 1 is 1.17 bits per heavy atom. The number of hydrogen-bond acceptors (Lipinski definition) is 4. The highest BCUT2D eigenvalue weighted by Gasteiger charge is 2.48. The van der Waals surface area contributed by atoms with Gasteiger partial charge in [0.1, 0.15) is 12.4 Å². The number of halogens is 1. The summed E-state index contributed by atoms with van der Waals surface area (Å²) < 4.78 is 24.7. The molecular formula is C24H26FNO3. The standard InChI is InChI=1S/C24H26FNO3/c1-3-11-29-22-10-7-17(12-23(22)28-2)16-26-20-8-9-21(26)15-24(27,14-20)18-5-4-6-19(25)13-18/h1,4-7,10,12-13,20-21,27H,8-9,11,14-16H2,2H3/t20-,21-/m1/s1. The second kappa shape index (κ2) is 8.06. The molecule has 2 aliphatic rings. The van der Waals surface area contributed by atoms with Gasteiger partial charge in [0.05, 0.1) is 12.7 Å². The molecule has 0 aliphatic carbocycles. The van der Waals surface area contributed by atoms with Crippen LogP contribution in [0, 0.1) is 18.2 Å². The zero-order chi connectivity index (χ0) is 20.4. The number of methoxy groups -OCH3 is 1. The van der Waals surface area contributed by atoms with E-state index in [0.717, 1.165) is 24.9 Å². The minimum absolute atomic E-state index is 0.199. The van der Waals surface area contributed by atoms with E-state index in [9.17, 15) is 9.50 Å². The molecule has 0 aromatic heterocycles. The average molecular weight is 395 g/mol. The number of terminal acetylenes is 1. The largest absolute Gasteiger partial charge is 0.493 e. The van der Waals surface area contributed by atoms with Gasteiger partial charge in [0.25, 0.3) is 0 Å². The minimum Gasteiger partial charge on any atom is -0.493 e. The summed E-state index contributed by atoms with van der Waals surface area (Å²) >= 11 is 0. The molecule has 152 valence electrons. The van der Waals surface area contributed by atoms with E-state index in [-0.39, 0.29) is 24.5 Å². The number of ether oxygens (including phenoxy) is 2. The van der Waals surface area contributed by atoms with Crippen LogP contribution in [0.5, 0.6) is 11.5 Å². The van der Waals surface area contributed by atoms with Gasteiger partial charge in [-0.3, -0.25) is 4.90 Å². The summed E-state index contributed by atoms with van der Waals surface area (Å²) in [5, 5.41) is 11.3. The van der Waals surface area contributed by atoms with E-state index in [1.165, 1.54) is 12.1 Å². The summed E-state index contributed by atoms with van der Waals surface area (Å²) in [7, 11) is 1.62. The number of benzene rings is 2. The number of fused-ring (bicyclic) bond motifs is 2. The van der Waals surface area contributed by atoms with E-state index in [1.807, 2.05) is 24.3 Å². The monoisotopic (exact) mass is 395 g/mol. The van der Waals surface area contributed by atoms with E-state index in [1.54, 1.807) is 13.2 Å². The fraction of sp³-hybridized carbons (Fsp3) is 0.417. The van der Waals surface area contributed by atoms with E-state index in [2.05, 4.69) is 10.8 Å². The molecule has 5 heteroatoms. The third-order valence-electron chi connectivity index (χ3n) is 6.18. The maximum Gasteiger partial charge on any atom is 0.162 e. The molecule has 4 rings (SSSR count). The predicted octanol–water partition coefficient (Wildman–Crippen LogP) is 3.86. The topological polar surface area (TPSA) is 41.9 Å². The lowest BCUT2D eigenvalue weighted by Gasteiger charge is -2.44. The van der Waals surface area contributed by atoms with Crippen LogP contribution in [0.15, 0.2) is 42.5 Å². The Morgan fingerprint density at radius 3 is 2.59 bits per heavy atom. The Kier molecular flexibility index (Phi) is 5.49. The summed E-state index contributed by atoms with van der Waals surface area (Å²) in [4.78, 5) is 2.46. The van der Waals surface area contributed by atoms with Crippen molar-refractivity contribution in [3.8, 4) is 23.8 Å². The molecule has 4 nitrogen and oxygen atoms in total. The van der Waals surface area contributed by atoms with Crippen molar-refractivity contribution in [2.75, 3.05) is 13.7 Å². The molecule has 0 amide bonds. The molecule has 0 spiro atoms. The highest BCUT2D eigenvalue weighted by molar-refractivity contribution is 5.43. The Labute approximate surface area is 171 Å². The molecule has 2 heterocycles. The Hall–Kier alpha value is -2.55. The van der Waals surface area contributed by atoms with Gasteiger partial charge >= 0.3 is 0 Å². The lowest BCUT2D eigenvalue weighted by molar-refractivity contribution is -0.0596. The van der Waals surface area contributed by atoms with E-state index in [0.29, 0.717) is 29.9 Å². The van der Waals surface area contributed by atoms with Crippen LogP contribution in [-0.4, -0.2) is 35.8 Å². The van der Waals surface area contributed by atoms with Crippen LogP contribution in [-0.2, 0) is 12.1 Å². The van der Waals surface area contributed by atoms with Gasteiger partial charge in [-0.25, -0.2) is 4.39 Å². The van der Waals surface area contributed by atoms with Crippen molar-refractivity contribution >= 4 is 0 Å². The van der Waals surface area contributed by atoms with Crippen LogP contribution in [0.1, 0.15) is 36.8 Å². The first-order valence-electron chi connectivity index (χ1n) is 10.00. The predicted molar refractivity (Wildman–Crippen MR) is 109 cm³/mol. The Morgan fingerprint density at radius 2 is 1.93 bits per heavy atom. The quantitative estimate of drug-likeness (QED) is 0.755. The van der Waals surface area contributed by atoms with E-state index < -0.39 is 5.60 Å². The molecular weight excluding hydrogens is 369 g/mol. The van der Waals surface area contributed by atoms with Crippen LogP contribution in [0.3, 0.4) is 0 Å². The zero-order valence-electron chi connectivity index (χ0n) is 16.6. The lowest BCUT2D eigenvalue weighted by Crippen LogP contribution is -2.49. The Bertz CT molecular complexity index is 909. The first-order chi connectivity index (χ1) is 14.0. The second-order valence-electron chi connectivity index (χ2n) is 7.99. The third-order valence-corrected chi connectivity index (χ3v) is 6.18. The van der Waals surface area contributed by atoms with Crippen molar-refractivity contribution in [2.24, 2.45) is 0 Å². The van der Waals surface area contributed by atoms with Crippen molar-refractivity contribution in [3.63, 3.8) is 0 Å². The number of nitrogens with zero attached hydrogens (tertiary/aromatic N) is 1. The average Bonchev–Trinajstić information content (AvgIpc) is 2.96. The number of aliphatic hydroxyl groups is 1. The van der Waals surface area contributed by atoms with Gasteiger partial charge in [-0.1, -0.05) is 24.1 Å². The van der Waals surface area contributed by atoms with Gasteiger partial charge in [0.15, 0.2) is 11.5 Å². The molecule has 2 fully saturated rings. The van der Waals surface area contributed by atoms with Crippen molar-refractivity contribution in [1.29, 1.82) is 0 Å². The van der Waals surface area contributed by atoms with E-state index in [4.69, 9.17) is 15.9 Å². The summed E-state index contributed by atoms with van der Waals surface area (Å²) in [5.74, 6) is 3.46. The van der Waals surface area contributed by atoms with Crippen LogP contribution < -0.4 is 9.47 Å². The van der Waals surface area contributed by atoms with Crippen LogP contribution in [0.25, 0.3) is 0 Å². The summed E-state index contributed by atoms with van der Waals surface area (Å²) in [6.45, 7) is 0.977. The van der Waals surface area contributed by atoms with E-state index >= 15 is 0 Å². The summed E-state index contributed by atoms with van der Waals surface area (Å²) in [6, 6.07) is 12.8. The van der Waals surface area contributed by atoms with Crippen molar-refractivity contribution < 1.29 is 19.0 Å². The lowest BCUT2D eigenvalue weighted by atomic mass is 9.80.